The molecular weight excluding hydrogens is 965 g/mol. The molecule has 0 bridgehead atoms. The van der Waals surface area contributed by atoms with Crippen LogP contribution in [0.15, 0.2) is 195 Å². The van der Waals surface area contributed by atoms with Crippen molar-refractivity contribution >= 4 is 0 Å². The maximum atomic E-state index is 5.13. The highest BCUT2D eigenvalue weighted by atomic mass is 15.1. The number of rotatable bonds is 5. The lowest BCUT2D eigenvalue weighted by atomic mass is 9.87. The molecule has 11 aromatic rings. The van der Waals surface area contributed by atoms with Gasteiger partial charge in [0.25, 0.3) is 0 Å². The van der Waals surface area contributed by atoms with E-state index in [-0.39, 0.29) is 11.8 Å². The van der Waals surface area contributed by atoms with Gasteiger partial charge in [-0.1, -0.05) is 144 Å². The Bertz CT molecular complexity index is 4180. The Balaban J connectivity index is 0.896. The Morgan fingerprint density at radius 2 is 0.873 bits per heavy atom. The molecule has 2 atom stereocenters. The zero-order chi connectivity index (χ0) is 53.7. The minimum atomic E-state index is 0.0568. The Hall–Kier alpha value is -10.1. The average molecular weight is 1020 g/mol. The van der Waals surface area contributed by atoms with Crippen molar-refractivity contribution in [3.05, 3.63) is 262 Å². The zero-order valence-corrected chi connectivity index (χ0v) is 44.9. The van der Waals surface area contributed by atoms with Gasteiger partial charge in [0.05, 0.1) is 11.4 Å². The monoisotopic (exact) mass is 1020 g/mol. The maximum Gasteiger partial charge on any atom is 0.146 e. The number of fused-ring (bicyclic) bond motifs is 10. The van der Waals surface area contributed by atoms with E-state index in [1.54, 1.807) is 0 Å². The molecule has 0 saturated heterocycles. The van der Waals surface area contributed by atoms with Crippen LogP contribution in [-0.4, -0.2) is 38.6 Å². The first kappa shape index (κ1) is 48.6. The molecular formula is C71H54N8. The molecule has 13 rings (SSSR count). The fourth-order valence-corrected chi connectivity index (χ4v) is 11.3. The van der Waals surface area contributed by atoms with Crippen molar-refractivity contribution in [2.24, 2.45) is 0 Å². The van der Waals surface area contributed by atoms with Crippen LogP contribution in [-0.2, 0) is 0 Å². The lowest BCUT2D eigenvalue weighted by Crippen LogP contribution is -2.07. The van der Waals surface area contributed by atoms with E-state index in [0.29, 0.717) is 17.5 Å². The molecule has 6 aromatic carbocycles. The molecule has 0 fully saturated rings. The van der Waals surface area contributed by atoms with Gasteiger partial charge in [-0.3, -0.25) is 23.7 Å². The predicted octanol–water partition coefficient (Wildman–Crippen LogP) is 15.1. The zero-order valence-electron chi connectivity index (χ0n) is 44.9. The normalized spacial score (nSPS) is 13.6. The van der Waals surface area contributed by atoms with Crippen LogP contribution in [0.25, 0.3) is 62.4 Å². The van der Waals surface area contributed by atoms with E-state index in [4.69, 9.17) is 24.9 Å². The fraction of sp³-hybridized carbons (Fsp3) is 0.141. The van der Waals surface area contributed by atoms with Crippen LogP contribution in [0.4, 0.5) is 0 Å². The predicted molar refractivity (Wildman–Crippen MR) is 316 cm³/mol. The van der Waals surface area contributed by atoms with Gasteiger partial charge >= 0.3 is 0 Å². The summed E-state index contributed by atoms with van der Waals surface area (Å²) in [4.78, 5) is 24.4. The number of hydrogen-bond acceptors (Lipinski definition) is 5. The topological polar surface area (TPSA) is 79.2 Å². The molecule has 7 heterocycles. The molecule has 0 amide bonds. The van der Waals surface area contributed by atoms with Crippen molar-refractivity contribution in [2.45, 2.75) is 65.2 Å². The van der Waals surface area contributed by atoms with Gasteiger partial charge in [0.15, 0.2) is 0 Å². The Morgan fingerprint density at radius 1 is 0.418 bits per heavy atom. The second-order valence-corrected chi connectivity index (χ2v) is 21.1. The molecule has 0 spiro atoms. The summed E-state index contributed by atoms with van der Waals surface area (Å²) in [5.74, 6) is 24.4. The molecule has 8 nitrogen and oxygen atoms in total. The molecule has 2 aliphatic rings. The minimum absolute atomic E-state index is 0.0568. The van der Waals surface area contributed by atoms with Crippen LogP contribution in [0.3, 0.4) is 0 Å². The lowest BCUT2D eigenvalue weighted by Gasteiger charge is -2.19. The third-order valence-electron chi connectivity index (χ3n) is 15.4. The minimum Gasteiger partial charge on any atom is -0.299 e. The van der Waals surface area contributed by atoms with Crippen LogP contribution < -0.4 is 0 Å². The van der Waals surface area contributed by atoms with E-state index in [1.807, 2.05) is 79.8 Å². The molecule has 5 aromatic heterocycles. The van der Waals surface area contributed by atoms with Crippen molar-refractivity contribution in [3.63, 3.8) is 0 Å². The molecule has 378 valence electrons. The first-order chi connectivity index (χ1) is 38.6. The molecule has 2 aliphatic heterocycles. The van der Waals surface area contributed by atoms with Gasteiger partial charge in [0, 0.05) is 129 Å². The van der Waals surface area contributed by atoms with E-state index in [2.05, 4.69) is 206 Å². The molecule has 0 N–H and O–H groups in total. The first-order valence-corrected chi connectivity index (χ1v) is 27.0. The summed E-state index contributed by atoms with van der Waals surface area (Å²) in [6.07, 6.45) is 17.9. The summed E-state index contributed by atoms with van der Waals surface area (Å²) >= 11 is 0. The second kappa shape index (κ2) is 20.1. The van der Waals surface area contributed by atoms with Crippen molar-refractivity contribution in [1.82, 2.24) is 38.6 Å². The fourth-order valence-electron chi connectivity index (χ4n) is 11.3. The quantitative estimate of drug-likeness (QED) is 0.161. The second-order valence-electron chi connectivity index (χ2n) is 21.1. The SMILES string of the molecule is CC(C)c1cncc2c1-n1ccnc1-c1ccc(C#Cc3cc(C#Cc4ccc5c(c4)C(C)c4cncc(C(C)C)c4-n4ccnc4-5)cc(C#Cc4cn(-c5ccc(-c6ccccc6)cc5)c(-c5ccccc5)n4)c3)cc1C2C. The Kier molecular flexibility index (Phi) is 12.4. The van der Waals surface area contributed by atoms with Gasteiger partial charge in [0.1, 0.15) is 23.2 Å². The highest BCUT2D eigenvalue weighted by Crippen LogP contribution is 2.44. The van der Waals surface area contributed by atoms with Crippen LogP contribution in [0, 0.1) is 35.5 Å². The molecule has 0 aliphatic carbocycles. The Labute approximate surface area is 461 Å². The highest BCUT2D eigenvalue weighted by molar-refractivity contribution is 5.74. The summed E-state index contributed by atoms with van der Waals surface area (Å²) < 4.78 is 6.57. The van der Waals surface area contributed by atoms with E-state index < -0.39 is 0 Å². The van der Waals surface area contributed by atoms with Crippen molar-refractivity contribution in [2.75, 3.05) is 0 Å². The number of imidazole rings is 3. The molecule has 0 saturated carbocycles. The molecule has 8 heteroatoms. The number of nitrogens with zero attached hydrogens (tertiary/aromatic N) is 8. The number of hydrogen-bond donors (Lipinski definition) is 0. The van der Waals surface area contributed by atoms with Gasteiger partial charge in [0.2, 0.25) is 0 Å². The van der Waals surface area contributed by atoms with Gasteiger partial charge in [-0.05, 0) is 118 Å². The standard InChI is InChI=1S/C71H54N8/c1-45(2)63-40-72-42-65-47(5)61-38-49(22-29-59(61)70-74-31-33-77(70)67(63)65)17-19-51-35-52(20-18-50-23-30-60-62(39-50)48(6)66-43-73-41-64(46(3)4)68(66)78-34-32-75-71(60)78)37-53(36-51)21-26-57-44-79(69(76-57)56-15-11-8-12-16-56)58-27-24-55(25-28-58)54-13-9-7-10-14-54/h7-16,22-25,27-48H,1-6H3. The van der Waals surface area contributed by atoms with Gasteiger partial charge in [-0.25, -0.2) is 15.0 Å². The third-order valence-corrected chi connectivity index (χ3v) is 15.4. The van der Waals surface area contributed by atoms with Gasteiger partial charge in [-0.15, -0.1) is 0 Å². The summed E-state index contributed by atoms with van der Waals surface area (Å²) in [5.41, 5.74) is 20.7. The van der Waals surface area contributed by atoms with Gasteiger partial charge in [-0.2, -0.15) is 0 Å². The summed E-state index contributed by atoms with van der Waals surface area (Å²) in [6, 6.07) is 48.4. The number of aromatic nitrogens is 8. The van der Waals surface area contributed by atoms with Crippen molar-refractivity contribution in [3.8, 4) is 97.9 Å². The summed E-state index contributed by atoms with van der Waals surface area (Å²) in [6.45, 7) is 13.4. The summed E-state index contributed by atoms with van der Waals surface area (Å²) in [5, 5.41) is 0. The number of pyridine rings is 2. The van der Waals surface area contributed by atoms with Crippen LogP contribution >= 0.6 is 0 Å². The van der Waals surface area contributed by atoms with E-state index in [1.165, 1.54) is 27.8 Å². The highest BCUT2D eigenvalue weighted by Gasteiger charge is 2.30. The third kappa shape index (κ3) is 9.02. The lowest BCUT2D eigenvalue weighted by molar-refractivity contribution is 0.818. The number of benzene rings is 6. The molecule has 2 unspecified atom stereocenters. The summed E-state index contributed by atoms with van der Waals surface area (Å²) in [7, 11) is 0. The maximum absolute atomic E-state index is 5.13. The van der Waals surface area contributed by atoms with E-state index in [9.17, 15) is 0 Å². The van der Waals surface area contributed by atoms with Crippen LogP contribution in [0.2, 0.25) is 0 Å². The largest absolute Gasteiger partial charge is 0.299 e. The van der Waals surface area contributed by atoms with Crippen LogP contribution in [0.5, 0.6) is 0 Å². The Morgan fingerprint density at radius 3 is 1.37 bits per heavy atom. The van der Waals surface area contributed by atoms with Crippen molar-refractivity contribution in [1.29, 1.82) is 0 Å². The van der Waals surface area contributed by atoms with E-state index in [0.717, 1.165) is 95.7 Å². The van der Waals surface area contributed by atoms with E-state index >= 15 is 0 Å². The van der Waals surface area contributed by atoms with Gasteiger partial charge < -0.3 is 0 Å². The molecule has 79 heavy (non-hydrogen) atoms. The smallest absolute Gasteiger partial charge is 0.146 e. The van der Waals surface area contributed by atoms with Crippen LogP contribution in [0.1, 0.15) is 132 Å². The van der Waals surface area contributed by atoms with Crippen molar-refractivity contribution < 1.29 is 0 Å². The first-order valence-electron chi connectivity index (χ1n) is 27.0. The molecule has 0 radical (unpaired) electrons. The average Bonchev–Trinajstić information content (AvgIpc) is 4.41.